The molecule has 1 fully saturated rings. The van der Waals surface area contributed by atoms with Crippen molar-refractivity contribution in [3.8, 4) is 0 Å². The number of aliphatic hydroxyl groups is 2. The lowest BCUT2D eigenvalue weighted by molar-refractivity contribution is 0.0513. The molecule has 0 aromatic carbocycles. The van der Waals surface area contributed by atoms with Crippen LogP contribution in [0.3, 0.4) is 0 Å². The van der Waals surface area contributed by atoms with Gasteiger partial charge in [-0.1, -0.05) is 63.8 Å². The molecule has 180 valence electrons. The monoisotopic (exact) mass is 433 g/mol. The van der Waals surface area contributed by atoms with Gasteiger partial charge in [0, 0.05) is 5.92 Å². The minimum absolute atomic E-state index is 0.215. The molecule has 1 saturated carbocycles. The van der Waals surface area contributed by atoms with Gasteiger partial charge >= 0.3 is 0 Å². The lowest BCUT2D eigenvalue weighted by Crippen LogP contribution is -2.26. The summed E-state index contributed by atoms with van der Waals surface area (Å²) in [5.74, 6) is 1.40. The van der Waals surface area contributed by atoms with Gasteiger partial charge in [-0.3, -0.25) is 0 Å². The van der Waals surface area contributed by atoms with E-state index in [9.17, 15) is 10.2 Å². The van der Waals surface area contributed by atoms with Crippen LogP contribution >= 0.6 is 0 Å². The van der Waals surface area contributed by atoms with Crippen molar-refractivity contribution in [3.63, 3.8) is 0 Å². The lowest BCUT2D eigenvalue weighted by atomic mass is 9.87. The predicted octanol–water partition coefficient (Wildman–Crippen LogP) is 6.50. The zero-order valence-corrected chi connectivity index (χ0v) is 21.0. The third-order valence-corrected chi connectivity index (χ3v) is 7.49. The molecule has 2 N–H and O–H groups in total. The van der Waals surface area contributed by atoms with Crippen molar-refractivity contribution in [2.45, 2.75) is 116 Å². The predicted molar refractivity (Wildman–Crippen MR) is 133 cm³/mol. The molecule has 0 amide bonds. The molecule has 3 nitrogen and oxygen atoms in total. The highest BCUT2D eigenvalue weighted by molar-refractivity contribution is 5.20. The molecule has 31 heavy (non-hydrogen) atoms. The van der Waals surface area contributed by atoms with Gasteiger partial charge in [0.05, 0.1) is 11.7 Å². The lowest BCUT2D eigenvalue weighted by Gasteiger charge is -2.22. The van der Waals surface area contributed by atoms with E-state index >= 15 is 0 Å². The minimum Gasteiger partial charge on any atom is -0.392 e. The molecule has 0 spiro atoms. The number of hydrogen-bond acceptors (Lipinski definition) is 3. The first-order valence-corrected chi connectivity index (χ1v) is 13.4. The number of fused-ring (bicyclic) bond motifs is 1. The second-order valence-corrected chi connectivity index (χ2v) is 10.6. The molecule has 2 aliphatic carbocycles. The molecule has 0 saturated heterocycles. The molecule has 2 rings (SSSR count). The van der Waals surface area contributed by atoms with Crippen LogP contribution in [0.25, 0.3) is 0 Å². The van der Waals surface area contributed by atoms with Gasteiger partial charge in [-0.05, 0) is 96.2 Å². The summed E-state index contributed by atoms with van der Waals surface area (Å²) in [4.78, 5) is 2.62. The molecule has 0 heterocycles. The number of hydrogen-bond donors (Lipinski definition) is 2. The molecule has 0 radical (unpaired) electrons. The van der Waals surface area contributed by atoms with E-state index in [1.54, 1.807) is 5.57 Å². The van der Waals surface area contributed by atoms with Crippen molar-refractivity contribution in [1.29, 1.82) is 0 Å². The molecular weight excluding hydrogens is 382 g/mol. The molecule has 0 unspecified atom stereocenters. The maximum absolute atomic E-state index is 10.6. The molecule has 3 heteroatoms. The summed E-state index contributed by atoms with van der Waals surface area (Å²) in [5.41, 5.74) is 1.02. The van der Waals surface area contributed by atoms with Crippen molar-refractivity contribution in [2.24, 2.45) is 17.8 Å². The van der Waals surface area contributed by atoms with E-state index < -0.39 is 5.60 Å². The minimum atomic E-state index is -0.613. The number of rotatable bonds is 16. The number of unbranched alkanes of at least 4 members (excludes halogenated alkanes) is 3. The van der Waals surface area contributed by atoms with E-state index in [0.29, 0.717) is 18.3 Å². The second-order valence-electron chi connectivity index (χ2n) is 10.6. The zero-order chi connectivity index (χ0) is 22.7. The van der Waals surface area contributed by atoms with Gasteiger partial charge in [-0.15, -0.1) is 0 Å². The molecule has 0 aromatic heterocycles. The Morgan fingerprint density at radius 2 is 1.77 bits per heavy atom. The maximum Gasteiger partial charge on any atom is 0.0654 e. The molecule has 5 atom stereocenters. The smallest absolute Gasteiger partial charge is 0.0654 e. The summed E-state index contributed by atoms with van der Waals surface area (Å²) in [6.07, 6.45) is 20.2. The first-order valence-electron chi connectivity index (χ1n) is 13.4. The number of nitrogens with zero attached hydrogens (tertiary/aromatic N) is 1. The van der Waals surface area contributed by atoms with E-state index in [-0.39, 0.29) is 12.0 Å². The van der Waals surface area contributed by atoms with Crippen LogP contribution < -0.4 is 0 Å². The average molecular weight is 434 g/mol. The largest absolute Gasteiger partial charge is 0.392 e. The first-order chi connectivity index (χ1) is 14.9. The van der Waals surface area contributed by atoms with Gasteiger partial charge in [0.2, 0.25) is 0 Å². The highest BCUT2D eigenvalue weighted by Gasteiger charge is 2.43. The van der Waals surface area contributed by atoms with Crippen molar-refractivity contribution in [2.75, 3.05) is 19.6 Å². The van der Waals surface area contributed by atoms with Crippen LogP contribution in [0.4, 0.5) is 0 Å². The zero-order valence-electron chi connectivity index (χ0n) is 21.0. The molecule has 0 bridgehead atoms. The van der Waals surface area contributed by atoms with Crippen LogP contribution in [0, 0.1) is 17.8 Å². The Hall–Kier alpha value is -0.640. The first kappa shape index (κ1) is 26.6. The molecular formula is C28H51NO2. The summed E-state index contributed by atoms with van der Waals surface area (Å²) in [6.45, 7) is 12.4. The fourth-order valence-electron chi connectivity index (χ4n) is 5.76. The van der Waals surface area contributed by atoms with Crippen molar-refractivity contribution in [1.82, 2.24) is 4.90 Å². The molecule has 0 aromatic rings. The van der Waals surface area contributed by atoms with E-state index in [4.69, 9.17) is 0 Å². The highest BCUT2D eigenvalue weighted by atomic mass is 16.3. The van der Waals surface area contributed by atoms with Crippen LogP contribution in [0.15, 0.2) is 23.8 Å². The fourth-order valence-corrected chi connectivity index (χ4v) is 5.76. The van der Waals surface area contributed by atoms with Crippen LogP contribution in [-0.2, 0) is 0 Å². The third-order valence-electron chi connectivity index (χ3n) is 7.49. The molecule has 2 aliphatic rings. The van der Waals surface area contributed by atoms with Gasteiger partial charge in [0.15, 0.2) is 0 Å². The van der Waals surface area contributed by atoms with Gasteiger partial charge < -0.3 is 15.1 Å². The highest BCUT2D eigenvalue weighted by Crippen LogP contribution is 2.48. The van der Waals surface area contributed by atoms with Crippen molar-refractivity contribution in [3.05, 3.63) is 23.8 Å². The van der Waals surface area contributed by atoms with E-state index in [0.717, 1.165) is 25.7 Å². The van der Waals surface area contributed by atoms with Crippen LogP contribution in [0.2, 0.25) is 0 Å². The normalized spacial score (nSPS) is 27.8. The second kappa shape index (κ2) is 13.8. The Morgan fingerprint density at radius 1 is 1.03 bits per heavy atom. The quantitative estimate of drug-likeness (QED) is 0.216. The Bertz CT molecular complexity index is 547. The fraction of sp³-hybridized carbons (Fsp3) is 0.857. The number of aliphatic hydroxyl groups excluding tert-OH is 1. The standard InChI is InChI=1S/C28H51NO2/c1-5-8-15-28(4,31)16-12-14-25-26-21-23(20-24(26)22-27(25)30)13-10-9-11-19-29(17-6-2)18-7-3/h12,14,20,24-27,30-31H,5-11,13,15-19,21-22H2,1-4H3/b14-12+/t24-,25+,26-,27+,28-/m0/s1. The Balaban J connectivity index is 1.71. The van der Waals surface area contributed by atoms with Gasteiger partial charge in [-0.2, -0.15) is 0 Å². The topological polar surface area (TPSA) is 43.7 Å². The van der Waals surface area contributed by atoms with Gasteiger partial charge in [0.1, 0.15) is 0 Å². The third kappa shape index (κ3) is 9.02. The van der Waals surface area contributed by atoms with Gasteiger partial charge in [-0.25, -0.2) is 0 Å². The van der Waals surface area contributed by atoms with E-state index in [1.165, 1.54) is 64.6 Å². The summed E-state index contributed by atoms with van der Waals surface area (Å²) >= 11 is 0. The summed E-state index contributed by atoms with van der Waals surface area (Å²) in [6, 6.07) is 0. The summed E-state index contributed by atoms with van der Waals surface area (Å²) in [5, 5.41) is 21.1. The Kier molecular flexibility index (Phi) is 11.8. The average Bonchev–Trinajstić information content (AvgIpc) is 3.23. The summed E-state index contributed by atoms with van der Waals surface area (Å²) in [7, 11) is 0. The SMILES string of the molecule is CCCC[C@](C)(O)C/C=C/[C@@H]1[C@H]2CC(CCCCCN(CCC)CCC)=C[C@H]2C[C@H]1O. The Morgan fingerprint density at radius 3 is 2.45 bits per heavy atom. The van der Waals surface area contributed by atoms with Crippen LogP contribution in [-0.4, -0.2) is 46.5 Å². The van der Waals surface area contributed by atoms with E-state index in [2.05, 4.69) is 43.9 Å². The van der Waals surface area contributed by atoms with Gasteiger partial charge in [0.25, 0.3) is 0 Å². The van der Waals surface area contributed by atoms with Crippen LogP contribution in [0.5, 0.6) is 0 Å². The van der Waals surface area contributed by atoms with Crippen LogP contribution in [0.1, 0.15) is 105 Å². The van der Waals surface area contributed by atoms with E-state index in [1.807, 2.05) is 6.92 Å². The summed E-state index contributed by atoms with van der Waals surface area (Å²) < 4.78 is 0. The molecule has 0 aliphatic heterocycles. The Labute approximate surface area is 193 Å². The number of allylic oxidation sites excluding steroid dienone is 2. The van der Waals surface area contributed by atoms with Crippen molar-refractivity contribution >= 4 is 0 Å². The maximum atomic E-state index is 10.6. The van der Waals surface area contributed by atoms with Crippen molar-refractivity contribution < 1.29 is 10.2 Å².